The number of rotatable bonds is 15. The molecule has 216 valence electrons. The Kier molecular flexibility index (Phi) is 12.0. The van der Waals surface area contributed by atoms with E-state index in [1.54, 1.807) is 31.2 Å². The van der Waals surface area contributed by atoms with E-state index < -0.39 is 35.8 Å². The van der Waals surface area contributed by atoms with E-state index in [4.69, 9.17) is 9.47 Å². The average molecular weight is 561 g/mol. The largest absolute Gasteiger partial charge is 0.492 e. The number of urea groups is 1. The van der Waals surface area contributed by atoms with Crippen molar-refractivity contribution in [3.8, 4) is 5.75 Å². The molecule has 0 bridgehead atoms. The van der Waals surface area contributed by atoms with Crippen LogP contribution < -0.4 is 10.1 Å². The van der Waals surface area contributed by atoms with Crippen LogP contribution in [0.25, 0.3) is 0 Å². The van der Waals surface area contributed by atoms with Crippen molar-refractivity contribution in [1.29, 1.82) is 0 Å². The molecule has 0 saturated carbocycles. The molecule has 0 aliphatic heterocycles. The second-order valence-corrected chi connectivity index (χ2v) is 9.00. The molecule has 0 fully saturated rings. The third kappa shape index (κ3) is 11.9. The molecule has 7 nitrogen and oxygen atoms in total. The van der Waals surface area contributed by atoms with E-state index in [0.717, 1.165) is 24.6 Å². The Morgan fingerprint density at radius 2 is 1.72 bits per heavy atom. The third-order valence-electron chi connectivity index (χ3n) is 5.64. The number of carbonyl (C=O) groups is 2. The minimum atomic E-state index is -4.58. The van der Waals surface area contributed by atoms with Gasteiger partial charge in [0, 0.05) is 31.7 Å². The maximum atomic E-state index is 13.2. The zero-order valence-corrected chi connectivity index (χ0v) is 21.8. The highest BCUT2D eigenvalue weighted by Gasteiger charge is 2.30. The number of anilines is 1. The number of alkyl halides is 5. The molecule has 2 amide bonds. The van der Waals surface area contributed by atoms with Crippen LogP contribution in [0.15, 0.2) is 48.5 Å². The lowest BCUT2D eigenvalue weighted by atomic mass is 10.1. The summed E-state index contributed by atoms with van der Waals surface area (Å²) < 4.78 is 76.2. The number of ether oxygens (including phenoxy) is 2. The summed E-state index contributed by atoms with van der Waals surface area (Å²) in [5, 5.41) is 11.6. The molecule has 39 heavy (non-hydrogen) atoms. The van der Waals surface area contributed by atoms with Crippen LogP contribution >= 0.6 is 0 Å². The van der Waals surface area contributed by atoms with Crippen LogP contribution in [0.1, 0.15) is 44.2 Å². The first kappa shape index (κ1) is 31.8. The predicted octanol–water partition coefficient (Wildman–Crippen LogP) is 6.48. The molecule has 0 aliphatic carbocycles. The Bertz CT molecular complexity index is 1060. The second-order valence-electron chi connectivity index (χ2n) is 9.00. The molecule has 0 heterocycles. The standard InChI is InChI=1S/C27H33F5N2O5/c1-3-38-23(24(35)36)17-19-9-11-22(12-10-19)39-16-15-34(14-5-4-13-26(2,28)29)25(37)33-21-8-6-7-20(18-21)27(30,31)32/h6-12,18,23H,3-5,13-17H2,1-2H3,(H,33,37)(H,35,36). The lowest BCUT2D eigenvalue weighted by Crippen LogP contribution is -2.38. The number of carbonyl (C=O) groups excluding carboxylic acids is 1. The highest BCUT2D eigenvalue weighted by atomic mass is 19.4. The number of amides is 2. The van der Waals surface area contributed by atoms with Gasteiger partial charge in [-0.15, -0.1) is 0 Å². The van der Waals surface area contributed by atoms with Crippen LogP contribution in [0.2, 0.25) is 0 Å². The summed E-state index contributed by atoms with van der Waals surface area (Å²) >= 11 is 0. The van der Waals surface area contributed by atoms with Gasteiger partial charge in [0.2, 0.25) is 5.92 Å². The normalized spacial score (nSPS) is 12.6. The molecule has 2 aromatic rings. The van der Waals surface area contributed by atoms with Crippen molar-refractivity contribution >= 4 is 17.7 Å². The number of unbranched alkanes of at least 4 members (excludes halogenated alkanes) is 1. The number of nitrogens with zero attached hydrogens (tertiary/aromatic N) is 1. The summed E-state index contributed by atoms with van der Waals surface area (Å²) in [6.07, 6.45) is -5.32. The lowest BCUT2D eigenvalue weighted by molar-refractivity contribution is -0.150. The smallest absolute Gasteiger partial charge is 0.416 e. The third-order valence-corrected chi connectivity index (χ3v) is 5.64. The fraction of sp³-hybridized carbons (Fsp3) is 0.481. The average Bonchev–Trinajstić information content (AvgIpc) is 2.85. The predicted molar refractivity (Wildman–Crippen MR) is 135 cm³/mol. The monoisotopic (exact) mass is 560 g/mol. The van der Waals surface area contributed by atoms with Crippen LogP contribution in [0, 0.1) is 0 Å². The Labute approximate surface area is 223 Å². The van der Waals surface area contributed by atoms with Crippen LogP contribution in [0.4, 0.5) is 32.4 Å². The number of carboxylic acids is 1. The molecular weight excluding hydrogens is 527 g/mol. The fourth-order valence-electron chi connectivity index (χ4n) is 3.66. The van der Waals surface area contributed by atoms with E-state index in [9.17, 15) is 36.6 Å². The topological polar surface area (TPSA) is 88.1 Å². The molecular formula is C27H33F5N2O5. The van der Waals surface area contributed by atoms with Gasteiger partial charge in [-0.2, -0.15) is 13.2 Å². The molecule has 0 radical (unpaired) electrons. The van der Waals surface area contributed by atoms with Crippen molar-refractivity contribution in [2.45, 2.75) is 57.7 Å². The highest BCUT2D eigenvalue weighted by Crippen LogP contribution is 2.30. The maximum absolute atomic E-state index is 13.2. The summed E-state index contributed by atoms with van der Waals surface area (Å²) in [5.74, 6) is -3.46. The minimum absolute atomic E-state index is 0.0238. The summed E-state index contributed by atoms with van der Waals surface area (Å²) in [4.78, 5) is 25.4. The van der Waals surface area contributed by atoms with Gasteiger partial charge in [0.1, 0.15) is 12.4 Å². The molecule has 12 heteroatoms. The first-order valence-corrected chi connectivity index (χ1v) is 12.5. The van der Waals surface area contributed by atoms with Crippen molar-refractivity contribution in [3.63, 3.8) is 0 Å². The quantitative estimate of drug-likeness (QED) is 0.192. The van der Waals surface area contributed by atoms with Crippen molar-refractivity contribution in [2.24, 2.45) is 0 Å². The van der Waals surface area contributed by atoms with Gasteiger partial charge in [-0.1, -0.05) is 18.2 Å². The Morgan fingerprint density at radius 3 is 2.31 bits per heavy atom. The minimum Gasteiger partial charge on any atom is -0.492 e. The van der Waals surface area contributed by atoms with Crippen LogP contribution in [-0.4, -0.2) is 60.3 Å². The zero-order valence-electron chi connectivity index (χ0n) is 21.8. The van der Waals surface area contributed by atoms with E-state index >= 15 is 0 Å². The number of carboxylic acid groups (broad SMARTS) is 1. The van der Waals surface area contributed by atoms with Gasteiger partial charge in [0.15, 0.2) is 6.10 Å². The molecule has 0 aliphatic rings. The number of hydrogen-bond acceptors (Lipinski definition) is 4. The van der Waals surface area contributed by atoms with Gasteiger partial charge in [-0.05, 0) is 62.6 Å². The van der Waals surface area contributed by atoms with Crippen LogP contribution in [0.3, 0.4) is 0 Å². The first-order valence-electron chi connectivity index (χ1n) is 12.5. The summed E-state index contributed by atoms with van der Waals surface area (Å²) in [6.45, 7) is 2.93. The van der Waals surface area contributed by atoms with Gasteiger partial charge in [-0.3, -0.25) is 0 Å². The number of benzene rings is 2. The molecule has 1 atom stereocenters. The van der Waals surface area contributed by atoms with E-state index in [2.05, 4.69) is 5.32 Å². The van der Waals surface area contributed by atoms with Gasteiger partial charge in [-0.25, -0.2) is 18.4 Å². The highest BCUT2D eigenvalue weighted by molar-refractivity contribution is 5.89. The van der Waals surface area contributed by atoms with E-state index in [1.807, 2.05) is 0 Å². The van der Waals surface area contributed by atoms with Gasteiger partial charge in [0.25, 0.3) is 0 Å². The molecule has 0 spiro atoms. The lowest BCUT2D eigenvalue weighted by Gasteiger charge is -2.24. The Hall–Kier alpha value is -3.41. The van der Waals surface area contributed by atoms with Gasteiger partial charge < -0.3 is 24.8 Å². The number of halogens is 5. The van der Waals surface area contributed by atoms with Crippen molar-refractivity contribution in [1.82, 2.24) is 4.90 Å². The summed E-state index contributed by atoms with van der Waals surface area (Å²) in [6, 6.07) is 10.1. The maximum Gasteiger partial charge on any atom is 0.416 e. The number of nitrogens with one attached hydrogen (secondary N) is 1. The number of hydrogen-bond donors (Lipinski definition) is 2. The molecule has 2 N–H and O–H groups in total. The Morgan fingerprint density at radius 1 is 1.03 bits per heavy atom. The second kappa shape index (κ2) is 14.7. The van der Waals surface area contributed by atoms with E-state index in [0.29, 0.717) is 5.75 Å². The van der Waals surface area contributed by atoms with Crippen molar-refractivity contribution in [2.75, 3.05) is 31.6 Å². The first-order chi connectivity index (χ1) is 18.3. The summed E-state index contributed by atoms with van der Waals surface area (Å²) in [5.41, 5.74) is -0.249. The van der Waals surface area contributed by atoms with E-state index in [-0.39, 0.29) is 57.7 Å². The van der Waals surface area contributed by atoms with Gasteiger partial charge >= 0.3 is 18.2 Å². The molecule has 2 rings (SSSR count). The van der Waals surface area contributed by atoms with Gasteiger partial charge in [0.05, 0.1) is 12.1 Å². The summed E-state index contributed by atoms with van der Waals surface area (Å²) in [7, 11) is 0. The van der Waals surface area contributed by atoms with Crippen molar-refractivity contribution in [3.05, 3.63) is 59.7 Å². The Balaban J connectivity index is 1.99. The SMILES string of the molecule is CCOC(Cc1ccc(OCCN(CCCCC(C)(F)F)C(=O)Nc2cccc(C(F)(F)F)c2)cc1)C(=O)O. The molecule has 2 aromatic carbocycles. The molecule has 1 unspecified atom stereocenters. The van der Waals surface area contributed by atoms with Crippen LogP contribution in [-0.2, 0) is 22.1 Å². The molecule has 0 saturated heterocycles. The number of aliphatic carboxylic acids is 1. The zero-order chi connectivity index (χ0) is 29.1. The molecule has 0 aromatic heterocycles. The fourth-order valence-corrected chi connectivity index (χ4v) is 3.66. The van der Waals surface area contributed by atoms with Crippen molar-refractivity contribution < 1.29 is 46.1 Å². The van der Waals surface area contributed by atoms with Crippen LogP contribution in [0.5, 0.6) is 5.75 Å². The van der Waals surface area contributed by atoms with E-state index in [1.165, 1.54) is 17.0 Å².